The zero-order valence-electron chi connectivity index (χ0n) is 8.36. The zero-order valence-corrected chi connectivity index (χ0v) is 10.7. The lowest BCUT2D eigenvalue weighted by molar-refractivity contribution is 0.861. The van der Waals surface area contributed by atoms with Crippen LogP contribution < -0.4 is 4.90 Å². The molecule has 15 heavy (non-hydrogen) atoms. The zero-order chi connectivity index (χ0) is 10.5. The fourth-order valence-electron chi connectivity index (χ4n) is 1.47. The normalized spacial score (nSPS) is 17.5. The van der Waals surface area contributed by atoms with Gasteiger partial charge in [-0.3, -0.25) is 0 Å². The van der Waals surface area contributed by atoms with E-state index in [4.69, 9.17) is 11.6 Å². The molecule has 0 unspecified atom stereocenters. The Balaban J connectivity index is 2.12. The number of pyridine rings is 1. The minimum atomic E-state index is 0.562. The topological polar surface area (TPSA) is 16.1 Å². The molecule has 82 valence electrons. The van der Waals surface area contributed by atoms with Crippen molar-refractivity contribution in [2.75, 3.05) is 29.5 Å². The average Bonchev–Trinajstić information content (AvgIpc) is 2.58. The summed E-state index contributed by atoms with van der Waals surface area (Å²) in [6, 6.07) is 4.06. The third-order valence-corrected chi connectivity index (χ3v) is 4.93. The van der Waals surface area contributed by atoms with Crippen LogP contribution in [-0.4, -0.2) is 29.6 Å². The molecule has 0 saturated carbocycles. The number of anilines is 1. The molecule has 1 saturated heterocycles. The predicted molar refractivity (Wildman–Crippen MR) is 70.9 cm³/mol. The lowest BCUT2D eigenvalue weighted by Gasteiger charge is -2.20. The summed E-state index contributed by atoms with van der Waals surface area (Å²) in [6.07, 6.45) is 1.85. The molecule has 1 aromatic heterocycles. The molecule has 0 aromatic carbocycles. The van der Waals surface area contributed by atoms with Gasteiger partial charge in [0, 0.05) is 36.7 Å². The second-order valence-corrected chi connectivity index (χ2v) is 6.26. The molecule has 0 N–H and O–H groups in total. The fourth-order valence-corrected chi connectivity index (χ4v) is 3.62. The standard InChI is InChI=1S/C10H13ClN2S2/c11-8-9-1-2-12-10(7-9)13-3-5-14-15-6-4-13/h1-2,7H,3-6,8H2. The van der Waals surface area contributed by atoms with Gasteiger partial charge in [0.05, 0.1) is 0 Å². The second-order valence-electron chi connectivity index (χ2n) is 3.29. The van der Waals surface area contributed by atoms with Crippen molar-refractivity contribution < 1.29 is 0 Å². The Hall–Kier alpha value is -0.0600. The first-order valence-electron chi connectivity index (χ1n) is 4.90. The SMILES string of the molecule is ClCc1ccnc(N2CCSSCC2)c1. The number of alkyl halides is 1. The molecule has 0 aliphatic carbocycles. The van der Waals surface area contributed by atoms with Gasteiger partial charge in [-0.25, -0.2) is 4.98 Å². The van der Waals surface area contributed by atoms with Gasteiger partial charge in [-0.1, -0.05) is 21.6 Å². The van der Waals surface area contributed by atoms with Crippen molar-refractivity contribution in [1.82, 2.24) is 4.98 Å². The van der Waals surface area contributed by atoms with Crippen molar-refractivity contribution in [3.05, 3.63) is 23.9 Å². The maximum atomic E-state index is 5.82. The molecule has 0 amide bonds. The van der Waals surface area contributed by atoms with Gasteiger partial charge in [0.2, 0.25) is 0 Å². The fraction of sp³-hybridized carbons (Fsp3) is 0.500. The predicted octanol–water partition coefficient (Wildman–Crippen LogP) is 3.02. The first-order chi connectivity index (χ1) is 7.40. The molecule has 5 heteroatoms. The van der Waals surface area contributed by atoms with Gasteiger partial charge in [-0.05, 0) is 17.7 Å². The van der Waals surface area contributed by atoms with Crippen molar-refractivity contribution in [2.45, 2.75) is 5.88 Å². The van der Waals surface area contributed by atoms with Gasteiger partial charge in [0.25, 0.3) is 0 Å². The van der Waals surface area contributed by atoms with Crippen LogP contribution in [0.3, 0.4) is 0 Å². The molecule has 1 aliphatic rings. The molecule has 0 bridgehead atoms. The molecule has 1 fully saturated rings. The second kappa shape index (κ2) is 5.87. The third kappa shape index (κ3) is 3.20. The van der Waals surface area contributed by atoms with Gasteiger partial charge < -0.3 is 4.90 Å². The van der Waals surface area contributed by atoms with E-state index >= 15 is 0 Å². The van der Waals surface area contributed by atoms with Crippen molar-refractivity contribution in [1.29, 1.82) is 0 Å². The molecular weight excluding hydrogens is 248 g/mol. The lowest BCUT2D eigenvalue weighted by Crippen LogP contribution is -2.27. The number of rotatable bonds is 2. The summed E-state index contributed by atoms with van der Waals surface area (Å²) < 4.78 is 0. The van der Waals surface area contributed by atoms with E-state index in [-0.39, 0.29) is 0 Å². The highest BCUT2D eigenvalue weighted by Crippen LogP contribution is 2.26. The summed E-state index contributed by atoms with van der Waals surface area (Å²) in [5.41, 5.74) is 1.14. The Morgan fingerprint density at radius 3 is 2.73 bits per heavy atom. The highest BCUT2D eigenvalue weighted by atomic mass is 35.5. The lowest BCUT2D eigenvalue weighted by atomic mass is 10.3. The number of hydrogen-bond acceptors (Lipinski definition) is 4. The average molecular weight is 261 g/mol. The van der Waals surface area contributed by atoms with Crippen LogP contribution in [0.15, 0.2) is 18.3 Å². The monoisotopic (exact) mass is 260 g/mol. The van der Waals surface area contributed by atoms with Gasteiger partial charge in [-0.15, -0.1) is 11.6 Å². The summed E-state index contributed by atoms with van der Waals surface area (Å²) >= 11 is 5.82. The molecule has 2 nitrogen and oxygen atoms in total. The van der Waals surface area contributed by atoms with E-state index in [9.17, 15) is 0 Å². The van der Waals surface area contributed by atoms with Crippen LogP contribution in [0.1, 0.15) is 5.56 Å². The molecule has 0 radical (unpaired) electrons. The maximum absolute atomic E-state index is 5.82. The van der Waals surface area contributed by atoms with E-state index in [1.54, 1.807) is 0 Å². The van der Waals surface area contributed by atoms with E-state index in [1.807, 2.05) is 33.9 Å². The number of aromatic nitrogens is 1. The van der Waals surface area contributed by atoms with Crippen LogP contribution in [0.5, 0.6) is 0 Å². The van der Waals surface area contributed by atoms with Crippen LogP contribution in [0, 0.1) is 0 Å². The van der Waals surface area contributed by atoms with E-state index in [2.05, 4.69) is 16.0 Å². The Labute approximate surface area is 103 Å². The largest absolute Gasteiger partial charge is 0.355 e. The molecule has 2 heterocycles. The summed E-state index contributed by atoms with van der Waals surface area (Å²) in [7, 11) is 3.89. The van der Waals surface area contributed by atoms with Gasteiger partial charge in [0.1, 0.15) is 5.82 Å². The van der Waals surface area contributed by atoms with Crippen LogP contribution in [-0.2, 0) is 5.88 Å². The van der Waals surface area contributed by atoms with E-state index in [0.29, 0.717) is 5.88 Å². The Bertz CT molecular complexity index is 314. The van der Waals surface area contributed by atoms with Crippen molar-refractivity contribution in [3.8, 4) is 0 Å². The van der Waals surface area contributed by atoms with Crippen LogP contribution in [0.25, 0.3) is 0 Å². The van der Waals surface area contributed by atoms with Gasteiger partial charge in [-0.2, -0.15) is 0 Å². The summed E-state index contributed by atoms with van der Waals surface area (Å²) in [5, 5.41) is 0. The summed E-state index contributed by atoms with van der Waals surface area (Å²) in [5.74, 6) is 3.96. The van der Waals surface area contributed by atoms with Crippen LogP contribution in [0.4, 0.5) is 5.82 Å². The van der Waals surface area contributed by atoms with Crippen molar-refractivity contribution >= 4 is 39.0 Å². The summed E-state index contributed by atoms with van der Waals surface area (Å²) in [4.78, 5) is 6.74. The smallest absolute Gasteiger partial charge is 0.128 e. The van der Waals surface area contributed by atoms with Crippen LogP contribution in [0.2, 0.25) is 0 Å². The van der Waals surface area contributed by atoms with Crippen molar-refractivity contribution in [2.24, 2.45) is 0 Å². The highest BCUT2D eigenvalue weighted by molar-refractivity contribution is 8.76. The molecule has 1 aliphatic heterocycles. The quantitative estimate of drug-likeness (QED) is 0.600. The van der Waals surface area contributed by atoms with Gasteiger partial charge in [0.15, 0.2) is 0 Å². The number of hydrogen-bond donors (Lipinski definition) is 0. The minimum Gasteiger partial charge on any atom is -0.355 e. The Kier molecular flexibility index (Phi) is 4.47. The molecule has 0 atom stereocenters. The third-order valence-electron chi connectivity index (χ3n) is 2.26. The number of nitrogens with zero attached hydrogens (tertiary/aromatic N) is 2. The van der Waals surface area contributed by atoms with E-state index in [1.165, 1.54) is 0 Å². The highest BCUT2D eigenvalue weighted by Gasteiger charge is 2.11. The molecule has 2 rings (SSSR count). The van der Waals surface area contributed by atoms with E-state index < -0.39 is 0 Å². The maximum Gasteiger partial charge on any atom is 0.128 e. The molecule has 0 spiro atoms. The van der Waals surface area contributed by atoms with Crippen molar-refractivity contribution in [3.63, 3.8) is 0 Å². The Morgan fingerprint density at radius 1 is 1.33 bits per heavy atom. The molecular formula is C10H13ClN2S2. The van der Waals surface area contributed by atoms with E-state index in [0.717, 1.165) is 36.0 Å². The first kappa shape index (κ1) is 11.4. The first-order valence-corrected chi connectivity index (χ1v) is 7.92. The molecule has 1 aromatic rings. The number of halogens is 1. The minimum absolute atomic E-state index is 0.562. The Morgan fingerprint density at radius 2 is 2.07 bits per heavy atom. The van der Waals surface area contributed by atoms with Crippen LogP contribution >= 0.6 is 33.2 Å². The summed E-state index contributed by atoms with van der Waals surface area (Å²) in [6.45, 7) is 2.16. The van der Waals surface area contributed by atoms with Gasteiger partial charge >= 0.3 is 0 Å².